The van der Waals surface area contributed by atoms with Gasteiger partial charge in [0.2, 0.25) is 0 Å². The highest BCUT2D eigenvalue weighted by molar-refractivity contribution is 5.97. The molecule has 1 aliphatic carbocycles. The van der Waals surface area contributed by atoms with E-state index in [0.29, 0.717) is 25.6 Å². The molecular formula is C10H12O5. The van der Waals surface area contributed by atoms with E-state index < -0.39 is 11.4 Å². The molecule has 5 nitrogen and oxygen atoms in total. The molecule has 5 heteroatoms. The first-order valence-electron chi connectivity index (χ1n) is 5.20. The van der Waals surface area contributed by atoms with Crippen molar-refractivity contribution >= 4 is 11.9 Å². The van der Waals surface area contributed by atoms with Gasteiger partial charge in [-0.25, -0.2) is 9.78 Å². The van der Waals surface area contributed by atoms with Crippen molar-refractivity contribution in [3.63, 3.8) is 0 Å². The Morgan fingerprint density at radius 3 is 2.73 bits per heavy atom. The van der Waals surface area contributed by atoms with E-state index in [9.17, 15) is 9.59 Å². The van der Waals surface area contributed by atoms with Gasteiger partial charge in [-0.2, -0.15) is 0 Å². The third-order valence-electron chi connectivity index (χ3n) is 3.78. The number of esters is 2. The fourth-order valence-electron chi connectivity index (χ4n) is 3.06. The van der Waals surface area contributed by atoms with Crippen molar-refractivity contribution in [3.8, 4) is 0 Å². The topological polar surface area (TPSA) is 61.8 Å². The van der Waals surface area contributed by atoms with Crippen LogP contribution in [-0.2, 0) is 24.1 Å². The van der Waals surface area contributed by atoms with Gasteiger partial charge in [-0.3, -0.25) is 9.59 Å². The monoisotopic (exact) mass is 212 g/mol. The molecule has 3 unspecified atom stereocenters. The average molecular weight is 212 g/mol. The molecule has 0 aromatic heterocycles. The minimum atomic E-state index is -0.606. The third kappa shape index (κ3) is 1.23. The molecule has 2 aliphatic heterocycles. The molecule has 0 amide bonds. The number of fused-ring (bicyclic) bond motifs is 3. The number of carbonyl (C=O) groups excluding carboxylic acids is 2. The van der Waals surface area contributed by atoms with E-state index in [1.54, 1.807) is 0 Å². The number of hydrogen-bond donors (Lipinski definition) is 0. The first-order chi connectivity index (χ1) is 7.21. The summed E-state index contributed by atoms with van der Waals surface area (Å²) >= 11 is 0. The number of carbonyl (C=O) groups is 2. The highest BCUT2D eigenvalue weighted by Gasteiger charge is 2.59. The third-order valence-corrected chi connectivity index (χ3v) is 3.78. The van der Waals surface area contributed by atoms with Gasteiger partial charge in [0.05, 0.1) is 25.0 Å². The standard InChI is InChI=1S/C10H12O5/c11-8-3-10(9(12)15-8)2-6-1-7(10)5-14-13-4-6/h6-7H,1-5H2. The maximum absolute atomic E-state index is 11.7. The molecule has 3 rings (SSSR count). The van der Waals surface area contributed by atoms with Gasteiger partial charge in [-0.05, 0) is 18.8 Å². The highest BCUT2D eigenvalue weighted by atomic mass is 17.2. The van der Waals surface area contributed by atoms with Crippen molar-refractivity contribution in [2.75, 3.05) is 13.2 Å². The Balaban J connectivity index is 1.93. The van der Waals surface area contributed by atoms with Crippen molar-refractivity contribution < 1.29 is 24.1 Å². The van der Waals surface area contributed by atoms with E-state index in [0.717, 1.165) is 6.42 Å². The Bertz CT molecular complexity index is 326. The molecule has 15 heavy (non-hydrogen) atoms. The van der Waals surface area contributed by atoms with Crippen LogP contribution in [0.5, 0.6) is 0 Å². The van der Waals surface area contributed by atoms with Gasteiger partial charge in [0.15, 0.2) is 0 Å². The quantitative estimate of drug-likeness (QED) is 0.331. The van der Waals surface area contributed by atoms with E-state index in [-0.39, 0.29) is 18.3 Å². The van der Waals surface area contributed by atoms with E-state index in [1.807, 2.05) is 0 Å². The fourth-order valence-corrected chi connectivity index (χ4v) is 3.06. The first kappa shape index (κ1) is 9.30. The molecule has 2 heterocycles. The Morgan fingerprint density at radius 1 is 1.20 bits per heavy atom. The van der Waals surface area contributed by atoms with Crippen LogP contribution >= 0.6 is 0 Å². The van der Waals surface area contributed by atoms with E-state index >= 15 is 0 Å². The molecule has 1 spiro atoms. The SMILES string of the molecule is O=C1CC2(CC3COOCC2C3)C(=O)O1. The van der Waals surface area contributed by atoms with Gasteiger partial charge in [-0.15, -0.1) is 0 Å². The second-order valence-corrected chi connectivity index (χ2v) is 4.67. The molecule has 3 fully saturated rings. The summed E-state index contributed by atoms with van der Waals surface area (Å²) in [4.78, 5) is 32.8. The molecular weight excluding hydrogens is 200 g/mol. The Morgan fingerprint density at radius 2 is 2.00 bits per heavy atom. The average Bonchev–Trinajstić information content (AvgIpc) is 2.54. The zero-order valence-corrected chi connectivity index (χ0v) is 8.23. The van der Waals surface area contributed by atoms with Crippen LogP contribution in [0.4, 0.5) is 0 Å². The molecule has 3 atom stereocenters. The van der Waals surface area contributed by atoms with Crippen LogP contribution in [0, 0.1) is 17.3 Å². The Labute approximate surface area is 86.6 Å². The van der Waals surface area contributed by atoms with Crippen LogP contribution in [0.15, 0.2) is 0 Å². The van der Waals surface area contributed by atoms with Gasteiger partial charge in [0.25, 0.3) is 0 Å². The van der Waals surface area contributed by atoms with Crippen LogP contribution in [0.2, 0.25) is 0 Å². The molecule has 0 aromatic rings. The van der Waals surface area contributed by atoms with Crippen molar-refractivity contribution in [2.45, 2.75) is 19.3 Å². The molecule has 2 bridgehead atoms. The van der Waals surface area contributed by atoms with Crippen molar-refractivity contribution in [2.24, 2.45) is 17.3 Å². The molecule has 1 saturated carbocycles. The van der Waals surface area contributed by atoms with E-state index in [2.05, 4.69) is 4.74 Å². The molecule has 3 aliphatic rings. The number of hydrogen-bond acceptors (Lipinski definition) is 5. The largest absolute Gasteiger partial charge is 0.393 e. The molecule has 0 radical (unpaired) electrons. The second-order valence-electron chi connectivity index (χ2n) is 4.67. The molecule has 82 valence electrons. The summed E-state index contributed by atoms with van der Waals surface area (Å²) in [6.45, 7) is 0.901. The van der Waals surface area contributed by atoms with Crippen LogP contribution in [0.25, 0.3) is 0 Å². The molecule has 0 aromatic carbocycles. The van der Waals surface area contributed by atoms with Gasteiger partial charge in [0.1, 0.15) is 0 Å². The lowest BCUT2D eigenvalue weighted by Crippen LogP contribution is -2.34. The Kier molecular flexibility index (Phi) is 1.87. The zero-order valence-electron chi connectivity index (χ0n) is 8.23. The Hall–Kier alpha value is -0.940. The molecule has 2 saturated heterocycles. The van der Waals surface area contributed by atoms with Gasteiger partial charge in [-0.1, -0.05) is 0 Å². The summed E-state index contributed by atoms with van der Waals surface area (Å²) in [7, 11) is 0. The second kappa shape index (κ2) is 3.02. The van der Waals surface area contributed by atoms with Gasteiger partial charge in [0, 0.05) is 5.92 Å². The summed E-state index contributed by atoms with van der Waals surface area (Å²) in [5.74, 6) is -0.363. The van der Waals surface area contributed by atoms with Crippen molar-refractivity contribution in [3.05, 3.63) is 0 Å². The lowest BCUT2D eigenvalue weighted by molar-refractivity contribution is -0.305. The lowest BCUT2D eigenvalue weighted by atomic mass is 9.76. The summed E-state index contributed by atoms with van der Waals surface area (Å²) < 4.78 is 4.67. The predicted molar refractivity (Wildman–Crippen MR) is 46.3 cm³/mol. The molecule has 0 N–H and O–H groups in total. The van der Waals surface area contributed by atoms with E-state index in [1.165, 1.54) is 0 Å². The number of cyclic esters (lactones) is 2. The maximum Gasteiger partial charge on any atom is 0.320 e. The summed E-state index contributed by atoms with van der Waals surface area (Å²) in [6.07, 6.45) is 1.81. The van der Waals surface area contributed by atoms with Crippen molar-refractivity contribution in [1.82, 2.24) is 0 Å². The van der Waals surface area contributed by atoms with Crippen LogP contribution < -0.4 is 0 Å². The van der Waals surface area contributed by atoms with Gasteiger partial charge < -0.3 is 4.74 Å². The summed E-state index contributed by atoms with van der Waals surface area (Å²) in [6, 6.07) is 0. The minimum Gasteiger partial charge on any atom is -0.393 e. The highest BCUT2D eigenvalue weighted by Crippen LogP contribution is 2.53. The lowest BCUT2D eigenvalue weighted by Gasteiger charge is -2.25. The predicted octanol–water partition coefficient (Wildman–Crippen LogP) is 0.434. The zero-order chi connectivity index (χ0) is 10.5. The summed E-state index contributed by atoms with van der Waals surface area (Å²) in [5.41, 5.74) is -0.606. The van der Waals surface area contributed by atoms with Gasteiger partial charge >= 0.3 is 11.9 Å². The number of ether oxygens (including phenoxy) is 1. The number of rotatable bonds is 0. The van der Waals surface area contributed by atoms with E-state index in [4.69, 9.17) is 9.78 Å². The summed E-state index contributed by atoms with van der Waals surface area (Å²) in [5, 5.41) is 0. The van der Waals surface area contributed by atoms with Crippen LogP contribution in [0.1, 0.15) is 19.3 Å². The minimum absolute atomic E-state index is 0.0731. The van der Waals surface area contributed by atoms with Crippen LogP contribution in [0.3, 0.4) is 0 Å². The normalized spacial score (nSPS) is 44.5. The van der Waals surface area contributed by atoms with Crippen LogP contribution in [-0.4, -0.2) is 25.2 Å². The van der Waals surface area contributed by atoms with Crippen molar-refractivity contribution in [1.29, 1.82) is 0 Å². The maximum atomic E-state index is 11.7. The first-order valence-corrected chi connectivity index (χ1v) is 5.20. The smallest absolute Gasteiger partial charge is 0.320 e. The fraction of sp³-hybridized carbons (Fsp3) is 0.800.